The molecule has 7 heteroatoms. The van der Waals surface area contributed by atoms with E-state index in [0.717, 1.165) is 0 Å². The van der Waals surface area contributed by atoms with Crippen molar-refractivity contribution in [2.75, 3.05) is 6.61 Å². The lowest BCUT2D eigenvalue weighted by Gasteiger charge is -2.35. The summed E-state index contributed by atoms with van der Waals surface area (Å²) in [4.78, 5) is 23.6. The monoisotopic (exact) mass is 307 g/mol. The molecule has 0 heterocycles. The average Bonchev–Trinajstić information content (AvgIpc) is 2.25. The Kier molecular flexibility index (Phi) is 5.53. The topological polar surface area (TPSA) is 64.6 Å². The van der Waals surface area contributed by atoms with Gasteiger partial charge in [0.1, 0.15) is 5.60 Å². The molecule has 0 bridgehead atoms. The number of hydrogen-bond donors (Lipinski definition) is 1. The number of carbonyl (C=O) groups is 2. The Hall–Kier alpha value is -1.40. The fourth-order valence-corrected chi connectivity index (χ4v) is 2.28. The van der Waals surface area contributed by atoms with Crippen molar-refractivity contribution in [3.05, 3.63) is 0 Å². The predicted molar refractivity (Wildman–Crippen MR) is 72.1 cm³/mol. The van der Waals surface area contributed by atoms with E-state index < -0.39 is 42.0 Å². The van der Waals surface area contributed by atoms with Gasteiger partial charge in [0.2, 0.25) is 5.92 Å². The van der Waals surface area contributed by atoms with Crippen LogP contribution in [0.15, 0.2) is 0 Å². The molecule has 21 heavy (non-hydrogen) atoms. The largest absolute Gasteiger partial charge is 0.466 e. The Morgan fingerprint density at radius 2 is 1.95 bits per heavy atom. The minimum Gasteiger partial charge on any atom is -0.466 e. The van der Waals surface area contributed by atoms with Gasteiger partial charge in [-0.25, -0.2) is 13.6 Å². The van der Waals surface area contributed by atoms with Crippen LogP contribution in [0.5, 0.6) is 0 Å². The molecule has 0 aromatic carbocycles. The van der Waals surface area contributed by atoms with E-state index in [-0.39, 0.29) is 19.4 Å². The lowest BCUT2D eigenvalue weighted by molar-refractivity contribution is -0.153. The van der Waals surface area contributed by atoms with Crippen LogP contribution in [0.2, 0.25) is 0 Å². The number of rotatable bonds is 3. The van der Waals surface area contributed by atoms with E-state index in [1.165, 1.54) is 0 Å². The van der Waals surface area contributed by atoms with Crippen molar-refractivity contribution >= 4 is 12.1 Å². The molecule has 5 nitrogen and oxygen atoms in total. The third-order valence-electron chi connectivity index (χ3n) is 3.12. The van der Waals surface area contributed by atoms with E-state index in [1.807, 2.05) is 0 Å². The quantitative estimate of drug-likeness (QED) is 0.814. The minimum absolute atomic E-state index is 0.0215. The molecule has 1 saturated carbocycles. The molecule has 0 radical (unpaired) electrons. The summed E-state index contributed by atoms with van der Waals surface area (Å²) in [6.07, 6.45) is -1.80. The van der Waals surface area contributed by atoms with E-state index >= 15 is 0 Å². The fourth-order valence-electron chi connectivity index (χ4n) is 2.28. The number of ether oxygens (including phenoxy) is 2. The standard InChI is InChI=1S/C14H23F2NO4/c1-5-20-11(18)9-6-7-14(15,16)8-10(9)17-12(19)21-13(2,3)4/h9-10H,5-8H2,1-4H3,(H,17,19)/t9-,10+/m1/s1. The molecule has 1 N–H and O–H groups in total. The van der Waals surface area contributed by atoms with Gasteiger partial charge in [-0.1, -0.05) is 0 Å². The number of amides is 1. The number of nitrogens with one attached hydrogen (secondary N) is 1. The number of alkyl carbamates (subject to hydrolysis) is 1. The zero-order chi connectivity index (χ0) is 16.3. The van der Waals surface area contributed by atoms with Gasteiger partial charge in [0.15, 0.2) is 0 Å². The van der Waals surface area contributed by atoms with E-state index in [9.17, 15) is 18.4 Å². The smallest absolute Gasteiger partial charge is 0.407 e. The van der Waals surface area contributed by atoms with E-state index in [2.05, 4.69) is 5.32 Å². The van der Waals surface area contributed by atoms with Crippen LogP contribution in [-0.2, 0) is 14.3 Å². The summed E-state index contributed by atoms with van der Waals surface area (Å²) in [5.41, 5.74) is -0.735. The van der Waals surface area contributed by atoms with Crippen molar-refractivity contribution in [1.82, 2.24) is 5.32 Å². The molecule has 1 rings (SSSR count). The van der Waals surface area contributed by atoms with Crippen molar-refractivity contribution in [1.29, 1.82) is 0 Å². The number of esters is 1. The van der Waals surface area contributed by atoms with E-state index in [0.29, 0.717) is 0 Å². The van der Waals surface area contributed by atoms with Gasteiger partial charge in [-0.3, -0.25) is 4.79 Å². The number of carbonyl (C=O) groups excluding carboxylic acids is 2. The van der Waals surface area contributed by atoms with E-state index in [1.54, 1.807) is 27.7 Å². The highest BCUT2D eigenvalue weighted by atomic mass is 19.3. The lowest BCUT2D eigenvalue weighted by Crippen LogP contribution is -2.51. The normalized spacial score (nSPS) is 25.0. The molecule has 1 fully saturated rings. The van der Waals surface area contributed by atoms with Crippen LogP contribution in [0.3, 0.4) is 0 Å². The maximum atomic E-state index is 13.5. The first kappa shape index (κ1) is 17.7. The van der Waals surface area contributed by atoms with E-state index in [4.69, 9.17) is 9.47 Å². The Morgan fingerprint density at radius 3 is 2.48 bits per heavy atom. The first-order valence-corrected chi connectivity index (χ1v) is 7.08. The summed E-state index contributed by atoms with van der Waals surface area (Å²) in [5.74, 6) is -4.23. The second-order valence-electron chi connectivity index (χ2n) is 6.21. The SMILES string of the molecule is CCOC(=O)[C@@H]1CCC(F)(F)C[C@@H]1NC(=O)OC(C)(C)C. The highest BCUT2D eigenvalue weighted by Gasteiger charge is 2.45. The summed E-state index contributed by atoms with van der Waals surface area (Å²) in [5, 5.41) is 2.38. The van der Waals surface area contributed by atoms with Crippen LogP contribution in [0.4, 0.5) is 13.6 Å². The van der Waals surface area contributed by atoms with Crippen molar-refractivity contribution in [2.45, 2.75) is 64.5 Å². The third-order valence-corrected chi connectivity index (χ3v) is 3.12. The Bertz CT molecular complexity index is 393. The first-order valence-electron chi connectivity index (χ1n) is 7.08. The lowest BCUT2D eigenvalue weighted by atomic mass is 9.82. The molecular formula is C14H23F2NO4. The molecule has 0 aromatic rings. The molecule has 0 saturated heterocycles. The highest BCUT2D eigenvalue weighted by Crippen LogP contribution is 2.37. The molecule has 0 aromatic heterocycles. The molecule has 122 valence electrons. The summed E-state index contributed by atoms with van der Waals surface area (Å²) < 4.78 is 37.0. The minimum atomic E-state index is -2.90. The van der Waals surface area contributed by atoms with Crippen LogP contribution < -0.4 is 5.32 Å². The van der Waals surface area contributed by atoms with Gasteiger partial charge < -0.3 is 14.8 Å². The molecule has 2 atom stereocenters. The molecule has 1 amide bonds. The van der Waals surface area contributed by atoms with Crippen molar-refractivity contribution < 1.29 is 27.8 Å². The maximum absolute atomic E-state index is 13.5. The molecule has 1 aliphatic rings. The molecule has 0 spiro atoms. The molecular weight excluding hydrogens is 284 g/mol. The molecule has 0 unspecified atom stereocenters. The average molecular weight is 307 g/mol. The van der Waals surface area contributed by atoms with Crippen LogP contribution in [0.25, 0.3) is 0 Å². The number of alkyl halides is 2. The van der Waals surface area contributed by atoms with Crippen LogP contribution in [0.1, 0.15) is 47.0 Å². The Morgan fingerprint density at radius 1 is 1.33 bits per heavy atom. The van der Waals surface area contributed by atoms with Gasteiger partial charge in [0, 0.05) is 12.8 Å². The maximum Gasteiger partial charge on any atom is 0.407 e. The van der Waals surface area contributed by atoms with Gasteiger partial charge in [0.05, 0.1) is 18.6 Å². The summed E-state index contributed by atoms with van der Waals surface area (Å²) in [6.45, 7) is 6.83. The highest BCUT2D eigenvalue weighted by molar-refractivity contribution is 5.75. The number of halogens is 2. The Labute approximate surface area is 123 Å². The first-order chi connectivity index (χ1) is 9.54. The second-order valence-corrected chi connectivity index (χ2v) is 6.21. The number of hydrogen-bond acceptors (Lipinski definition) is 4. The Balaban J connectivity index is 2.75. The van der Waals surface area contributed by atoms with Gasteiger partial charge in [0.25, 0.3) is 0 Å². The third kappa shape index (κ3) is 5.85. The van der Waals surface area contributed by atoms with Gasteiger partial charge in [-0.05, 0) is 34.1 Å². The van der Waals surface area contributed by atoms with Gasteiger partial charge >= 0.3 is 12.1 Å². The van der Waals surface area contributed by atoms with Crippen LogP contribution in [-0.4, -0.2) is 36.2 Å². The molecule has 1 aliphatic carbocycles. The van der Waals surface area contributed by atoms with Crippen molar-refractivity contribution in [2.24, 2.45) is 5.92 Å². The van der Waals surface area contributed by atoms with Crippen LogP contribution in [0, 0.1) is 5.92 Å². The van der Waals surface area contributed by atoms with Crippen molar-refractivity contribution in [3.63, 3.8) is 0 Å². The zero-order valence-electron chi connectivity index (χ0n) is 12.9. The van der Waals surface area contributed by atoms with Gasteiger partial charge in [-0.15, -0.1) is 0 Å². The second kappa shape index (κ2) is 6.58. The van der Waals surface area contributed by atoms with Crippen molar-refractivity contribution in [3.8, 4) is 0 Å². The summed E-state index contributed by atoms with van der Waals surface area (Å²) >= 11 is 0. The predicted octanol–water partition coefficient (Wildman–Crippen LogP) is 2.88. The molecule has 0 aliphatic heterocycles. The summed E-state index contributed by atoms with van der Waals surface area (Å²) in [7, 11) is 0. The summed E-state index contributed by atoms with van der Waals surface area (Å²) in [6, 6.07) is -0.984. The van der Waals surface area contributed by atoms with Gasteiger partial charge in [-0.2, -0.15) is 0 Å². The fraction of sp³-hybridized carbons (Fsp3) is 0.857. The van der Waals surface area contributed by atoms with Crippen LogP contribution >= 0.6 is 0 Å². The zero-order valence-corrected chi connectivity index (χ0v) is 12.9.